The van der Waals surface area contributed by atoms with E-state index in [1.54, 1.807) is 0 Å². The van der Waals surface area contributed by atoms with Gasteiger partial charge in [-0.25, -0.2) is 0 Å². The van der Waals surface area contributed by atoms with E-state index in [0.29, 0.717) is 6.61 Å². The number of hydrogen-bond acceptors (Lipinski definition) is 2. The molecular formula is C31H62O2. The molecule has 0 aromatic rings. The number of esters is 1. The minimum absolute atomic E-state index is 0.0814. The van der Waals surface area contributed by atoms with E-state index < -0.39 is 0 Å². The zero-order valence-electron chi connectivity index (χ0n) is 23.5. The van der Waals surface area contributed by atoms with Crippen LogP contribution in [0.3, 0.4) is 0 Å². The van der Waals surface area contributed by atoms with Crippen molar-refractivity contribution in [2.24, 2.45) is 5.41 Å². The van der Waals surface area contributed by atoms with E-state index in [-0.39, 0.29) is 11.4 Å². The topological polar surface area (TPSA) is 26.3 Å². The van der Waals surface area contributed by atoms with Crippen LogP contribution in [0.4, 0.5) is 0 Å². The molecule has 2 heteroatoms. The Morgan fingerprint density at radius 3 is 1.15 bits per heavy atom. The highest BCUT2D eigenvalue weighted by Crippen LogP contribution is 2.33. The lowest BCUT2D eigenvalue weighted by atomic mass is 9.79. The summed E-state index contributed by atoms with van der Waals surface area (Å²) < 4.78 is 5.78. The molecule has 0 saturated heterocycles. The lowest BCUT2D eigenvalue weighted by Gasteiger charge is -2.27. The normalized spacial score (nSPS) is 13.2. The third-order valence-corrected chi connectivity index (χ3v) is 7.39. The van der Waals surface area contributed by atoms with Crippen molar-refractivity contribution in [1.82, 2.24) is 0 Å². The fourth-order valence-corrected chi connectivity index (χ4v) is 4.85. The molecule has 0 heterocycles. The highest BCUT2D eigenvalue weighted by Gasteiger charge is 2.33. The summed E-state index contributed by atoms with van der Waals surface area (Å²) in [5.74, 6) is 0.0814. The Bertz CT molecular complexity index is 406. The summed E-state index contributed by atoms with van der Waals surface area (Å²) in [6.45, 7) is 9.59. The van der Waals surface area contributed by atoms with Gasteiger partial charge in [-0.2, -0.15) is 0 Å². The highest BCUT2D eigenvalue weighted by molar-refractivity contribution is 5.76. The Labute approximate surface area is 209 Å². The molecule has 0 amide bonds. The zero-order valence-corrected chi connectivity index (χ0v) is 23.5. The first-order valence-electron chi connectivity index (χ1n) is 15.3. The monoisotopic (exact) mass is 466 g/mol. The molecule has 0 aromatic carbocycles. The van der Waals surface area contributed by atoms with Crippen LogP contribution in [0, 0.1) is 5.41 Å². The molecule has 0 aromatic heterocycles. The molecule has 2 nitrogen and oxygen atoms in total. The van der Waals surface area contributed by atoms with Crippen molar-refractivity contribution in [1.29, 1.82) is 0 Å². The number of rotatable bonds is 26. The molecule has 0 bridgehead atoms. The molecule has 33 heavy (non-hydrogen) atoms. The van der Waals surface area contributed by atoms with Crippen LogP contribution >= 0.6 is 0 Å². The van der Waals surface area contributed by atoms with Gasteiger partial charge in [0.25, 0.3) is 0 Å². The van der Waals surface area contributed by atoms with Gasteiger partial charge in [0, 0.05) is 0 Å². The van der Waals surface area contributed by atoms with Gasteiger partial charge in [0.2, 0.25) is 0 Å². The van der Waals surface area contributed by atoms with Crippen LogP contribution in [-0.2, 0) is 9.53 Å². The van der Waals surface area contributed by atoms with Crippen LogP contribution in [0.1, 0.15) is 182 Å². The van der Waals surface area contributed by atoms with Crippen molar-refractivity contribution < 1.29 is 9.53 Å². The Kier molecular flexibility index (Phi) is 24.2. The fourth-order valence-electron chi connectivity index (χ4n) is 4.85. The predicted octanol–water partition coefficient (Wildman–Crippen LogP) is 11.0. The molecule has 0 saturated carbocycles. The minimum Gasteiger partial charge on any atom is -0.465 e. The zero-order chi connectivity index (χ0) is 24.5. The molecule has 0 N–H and O–H groups in total. The number of carbonyl (C=O) groups excluding carboxylic acids is 1. The summed E-state index contributed by atoms with van der Waals surface area (Å²) in [6.07, 6.45) is 30.7. The third kappa shape index (κ3) is 20.5. The predicted molar refractivity (Wildman–Crippen MR) is 147 cm³/mol. The SMILES string of the molecule is CCCCCCCCCCCCC(C)(CCCCCCCCCC)C(=O)OCCCCCC. The van der Waals surface area contributed by atoms with E-state index >= 15 is 0 Å². The quantitative estimate of drug-likeness (QED) is 0.0935. The van der Waals surface area contributed by atoms with Gasteiger partial charge in [-0.05, 0) is 26.2 Å². The Hall–Kier alpha value is -0.530. The first kappa shape index (κ1) is 32.5. The molecule has 0 rings (SSSR count). The Balaban J connectivity index is 4.20. The highest BCUT2D eigenvalue weighted by atomic mass is 16.5. The van der Waals surface area contributed by atoms with E-state index in [1.807, 2.05) is 0 Å². The minimum atomic E-state index is -0.271. The largest absolute Gasteiger partial charge is 0.465 e. The first-order chi connectivity index (χ1) is 16.1. The summed E-state index contributed by atoms with van der Waals surface area (Å²) in [5, 5.41) is 0. The van der Waals surface area contributed by atoms with Gasteiger partial charge >= 0.3 is 5.97 Å². The van der Waals surface area contributed by atoms with Gasteiger partial charge < -0.3 is 4.74 Å². The number of hydrogen-bond donors (Lipinski definition) is 0. The van der Waals surface area contributed by atoms with Crippen LogP contribution < -0.4 is 0 Å². The smallest absolute Gasteiger partial charge is 0.311 e. The lowest BCUT2D eigenvalue weighted by molar-refractivity contribution is -0.156. The van der Waals surface area contributed by atoms with Crippen LogP contribution in [-0.4, -0.2) is 12.6 Å². The summed E-state index contributed by atoms with van der Waals surface area (Å²) in [6, 6.07) is 0. The molecule has 0 aliphatic rings. The van der Waals surface area contributed by atoms with E-state index in [4.69, 9.17) is 4.74 Å². The van der Waals surface area contributed by atoms with Crippen LogP contribution in [0.5, 0.6) is 0 Å². The van der Waals surface area contributed by atoms with E-state index in [1.165, 1.54) is 135 Å². The lowest BCUT2D eigenvalue weighted by Crippen LogP contribution is -2.30. The number of unbranched alkanes of at least 4 members (excludes halogenated alkanes) is 19. The first-order valence-corrected chi connectivity index (χ1v) is 15.3. The van der Waals surface area contributed by atoms with Crippen LogP contribution in [0.25, 0.3) is 0 Å². The molecule has 198 valence electrons. The molecule has 1 unspecified atom stereocenters. The van der Waals surface area contributed by atoms with Gasteiger partial charge in [-0.3, -0.25) is 4.79 Å². The molecule has 0 radical (unpaired) electrons. The van der Waals surface area contributed by atoms with Crippen LogP contribution in [0.15, 0.2) is 0 Å². The Morgan fingerprint density at radius 2 is 0.788 bits per heavy atom. The van der Waals surface area contributed by atoms with Gasteiger partial charge in [0.1, 0.15) is 0 Å². The second-order valence-corrected chi connectivity index (χ2v) is 10.9. The van der Waals surface area contributed by atoms with Crippen molar-refractivity contribution in [3.8, 4) is 0 Å². The molecule has 0 aliphatic heterocycles. The summed E-state index contributed by atoms with van der Waals surface area (Å²) in [4.78, 5) is 13.0. The number of ether oxygens (including phenoxy) is 1. The van der Waals surface area contributed by atoms with E-state index in [9.17, 15) is 4.79 Å². The summed E-state index contributed by atoms with van der Waals surface area (Å²) in [5.41, 5.74) is -0.271. The van der Waals surface area contributed by atoms with Crippen LogP contribution in [0.2, 0.25) is 0 Å². The van der Waals surface area contributed by atoms with Gasteiger partial charge in [0.15, 0.2) is 0 Å². The maximum atomic E-state index is 13.0. The fraction of sp³-hybridized carbons (Fsp3) is 0.968. The van der Waals surface area contributed by atoms with Crippen molar-refractivity contribution in [3.63, 3.8) is 0 Å². The second kappa shape index (κ2) is 24.6. The second-order valence-electron chi connectivity index (χ2n) is 10.9. The summed E-state index contributed by atoms with van der Waals surface area (Å²) in [7, 11) is 0. The third-order valence-electron chi connectivity index (χ3n) is 7.39. The van der Waals surface area contributed by atoms with Gasteiger partial charge in [0.05, 0.1) is 12.0 Å². The van der Waals surface area contributed by atoms with Crippen molar-refractivity contribution in [2.45, 2.75) is 182 Å². The van der Waals surface area contributed by atoms with Crippen molar-refractivity contribution in [2.75, 3.05) is 6.61 Å². The van der Waals surface area contributed by atoms with Gasteiger partial charge in [-0.15, -0.1) is 0 Å². The van der Waals surface area contributed by atoms with Crippen molar-refractivity contribution in [3.05, 3.63) is 0 Å². The molecule has 0 spiro atoms. The molecule has 0 fully saturated rings. The van der Waals surface area contributed by atoms with Crippen molar-refractivity contribution >= 4 is 5.97 Å². The number of carbonyl (C=O) groups is 1. The maximum absolute atomic E-state index is 13.0. The standard InChI is InChI=1S/C31H62O2/c1-5-8-11-14-16-18-19-21-23-25-28-31(4,30(32)33-29-26-13-10-7-3)27-24-22-20-17-15-12-9-6-2/h5-29H2,1-4H3. The average molecular weight is 467 g/mol. The van der Waals surface area contributed by atoms with E-state index in [0.717, 1.165) is 19.3 Å². The Morgan fingerprint density at radius 1 is 0.485 bits per heavy atom. The maximum Gasteiger partial charge on any atom is 0.311 e. The average Bonchev–Trinajstić information content (AvgIpc) is 2.81. The van der Waals surface area contributed by atoms with Gasteiger partial charge in [-0.1, -0.05) is 156 Å². The molecular weight excluding hydrogens is 404 g/mol. The summed E-state index contributed by atoms with van der Waals surface area (Å²) >= 11 is 0. The van der Waals surface area contributed by atoms with E-state index in [2.05, 4.69) is 27.7 Å². The molecule has 1 atom stereocenters. The molecule has 0 aliphatic carbocycles.